The van der Waals surface area contributed by atoms with Crippen molar-refractivity contribution in [1.29, 1.82) is 0 Å². The molecule has 200 valence electrons. The average molecular weight is 532 g/mol. The molecule has 2 amide bonds. The van der Waals surface area contributed by atoms with E-state index < -0.39 is 54.2 Å². The van der Waals surface area contributed by atoms with Crippen LogP contribution in [0.4, 0.5) is 31.1 Å². The summed E-state index contributed by atoms with van der Waals surface area (Å²) in [4.78, 5) is 40.0. The normalized spacial score (nSPS) is 21.4. The molecule has 0 spiro atoms. The lowest BCUT2D eigenvalue weighted by Gasteiger charge is -2.29. The van der Waals surface area contributed by atoms with Gasteiger partial charge in [-0.05, 0) is 45.6 Å². The highest BCUT2D eigenvalue weighted by molar-refractivity contribution is 5.87. The molecule has 2 bridgehead atoms. The molecule has 9 nitrogen and oxygen atoms in total. The number of hydrogen-bond donors (Lipinski definition) is 1. The molecule has 1 unspecified atom stereocenters. The van der Waals surface area contributed by atoms with Crippen molar-refractivity contribution in [2.75, 3.05) is 0 Å². The Balaban J connectivity index is 1.54. The van der Waals surface area contributed by atoms with Crippen molar-refractivity contribution >= 4 is 12.0 Å². The third kappa shape index (κ3) is 5.74. The lowest BCUT2D eigenvalue weighted by molar-refractivity contribution is -0.145. The van der Waals surface area contributed by atoms with Gasteiger partial charge in [0.05, 0.1) is 17.9 Å². The number of ether oxygens (including phenoxy) is 1. The Morgan fingerprint density at radius 2 is 1.59 bits per heavy atom. The quantitative estimate of drug-likeness (QED) is 0.593. The van der Waals surface area contributed by atoms with Gasteiger partial charge in [-0.25, -0.2) is 24.7 Å². The van der Waals surface area contributed by atoms with Crippen LogP contribution in [0.1, 0.15) is 51.0 Å². The van der Waals surface area contributed by atoms with Crippen LogP contribution in [-0.4, -0.2) is 54.5 Å². The highest BCUT2D eigenvalue weighted by atomic mass is 19.4. The molecule has 3 aliphatic rings. The van der Waals surface area contributed by atoms with Gasteiger partial charge in [0.25, 0.3) is 0 Å². The van der Waals surface area contributed by atoms with E-state index in [4.69, 9.17) is 4.74 Å². The Kier molecular flexibility index (Phi) is 6.53. The van der Waals surface area contributed by atoms with Crippen LogP contribution in [0.5, 0.6) is 0 Å². The molecule has 2 saturated heterocycles. The van der Waals surface area contributed by atoms with Gasteiger partial charge in [0.15, 0.2) is 0 Å². The van der Waals surface area contributed by atoms with E-state index in [1.54, 1.807) is 20.8 Å². The van der Waals surface area contributed by atoms with Crippen molar-refractivity contribution in [2.45, 2.75) is 70.2 Å². The van der Waals surface area contributed by atoms with Crippen molar-refractivity contribution in [1.82, 2.24) is 30.2 Å². The molecule has 4 heterocycles. The van der Waals surface area contributed by atoms with Crippen LogP contribution in [0.3, 0.4) is 0 Å². The van der Waals surface area contributed by atoms with Crippen molar-refractivity contribution in [3.8, 4) is 11.3 Å². The van der Waals surface area contributed by atoms with E-state index in [0.29, 0.717) is 25.2 Å². The second kappa shape index (κ2) is 9.10. The van der Waals surface area contributed by atoms with Crippen LogP contribution in [0.25, 0.3) is 11.3 Å². The standard InChI is InChI=1S/C22H22F6N6O3/c1-20(2,3)37-19(36)34-13-4-10(5-13)15(34)16(35)29-9-12-6-14(33-18(32-12)22(26,27)28)11-7-30-17(31-8-11)21(23,24)25/h6-8,10,13,15H,4-5,9H2,1-3H3,(H,29,35). The number of nitrogens with one attached hydrogen (secondary N) is 1. The fourth-order valence-corrected chi connectivity index (χ4v) is 4.24. The van der Waals surface area contributed by atoms with Gasteiger partial charge in [0.2, 0.25) is 17.6 Å². The summed E-state index contributed by atoms with van der Waals surface area (Å²) in [6.45, 7) is 4.61. The molecule has 37 heavy (non-hydrogen) atoms. The Hall–Kier alpha value is -3.52. The van der Waals surface area contributed by atoms with Crippen molar-refractivity contribution in [3.05, 3.63) is 35.8 Å². The highest BCUT2D eigenvalue weighted by Gasteiger charge is 2.56. The molecule has 1 aliphatic carbocycles. The van der Waals surface area contributed by atoms with Crippen molar-refractivity contribution in [3.63, 3.8) is 0 Å². The van der Waals surface area contributed by atoms with E-state index in [2.05, 4.69) is 25.3 Å². The van der Waals surface area contributed by atoms with Gasteiger partial charge in [0, 0.05) is 24.0 Å². The number of carbonyl (C=O) groups is 2. The van der Waals surface area contributed by atoms with Crippen LogP contribution < -0.4 is 5.32 Å². The Bertz CT molecular complexity index is 1190. The van der Waals surface area contributed by atoms with Gasteiger partial charge in [-0.2, -0.15) is 26.3 Å². The minimum atomic E-state index is -4.97. The maximum Gasteiger partial charge on any atom is 0.451 e. The summed E-state index contributed by atoms with van der Waals surface area (Å²) >= 11 is 0. The van der Waals surface area contributed by atoms with Crippen LogP contribution in [0, 0.1) is 5.92 Å². The van der Waals surface area contributed by atoms with Gasteiger partial charge in [-0.3, -0.25) is 9.69 Å². The first-order chi connectivity index (χ1) is 17.0. The lowest BCUT2D eigenvalue weighted by Crippen LogP contribution is -2.48. The van der Waals surface area contributed by atoms with Gasteiger partial charge in [-0.1, -0.05) is 0 Å². The minimum absolute atomic E-state index is 0.103. The van der Waals surface area contributed by atoms with Crippen molar-refractivity contribution < 1.29 is 40.7 Å². The molecule has 1 atom stereocenters. The van der Waals surface area contributed by atoms with Gasteiger partial charge in [0.1, 0.15) is 11.6 Å². The molecular weight excluding hydrogens is 510 g/mol. The molecule has 5 rings (SSSR count). The number of rotatable bonds is 4. The van der Waals surface area contributed by atoms with E-state index in [0.717, 1.165) is 6.07 Å². The first kappa shape index (κ1) is 26.5. The first-order valence-electron chi connectivity index (χ1n) is 11.2. The lowest BCUT2D eigenvalue weighted by atomic mass is 9.83. The second-order valence-electron chi connectivity index (χ2n) is 9.79. The highest BCUT2D eigenvalue weighted by Crippen LogP contribution is 2.46. The van der Waals surface area contributed by atoms with Crippen LogP contribution in [-0.2, 0) is 28.4 Å². The van der Waals surface area contributed by atoms with Crippen molar-refractivity contribution in [2.24, 2.45) is 5.92 Å². The summed E-state index contributed by atoms with van der Waals surface area (Å²) in [5.74, 6) is -3.69. The zero-order valence-corrected chi connectivity index (χ0v) is 19.8. The van der Waals surface area contributed by atoms with Crippen LogP contribution >= 0.6 is 0 Å². The summed E-state index contributed by atoms with van der Waals surface area (Å²) < 4.78 is 83.8. The molecule has 15 heteroatoms. The molecule has 2 aliphatic heterocycles. The summed E-state index contributed by atoms with van der Waals surface area (Å²) in [6, 6.07) is 0.0890. The number of aromatic nitrogens is 4. The molecular formula is C22H22F6N6O3. The smallest absolute Gasteiger partial charge is 0.444 e. The Labute approximate surface area is 206 Å². The van der Waals surface area contributed by atoms with E-state index in [1.807, 2.05) is 0 Å². The number of alkyl halides is 6. The number of amides is 2. The molecule has 0 radical (unpaired) electrons. The average Bonchev–Trinajstić information content (AvgIpc) is 3.32. The maximum atomic E-state index is 13.4. The third-order valence-corrected chi connectivity index (χ3v) is 5.84. The Morgan fingerprint density at radius 1 is 1.00 bits per heavy atom. The molecule has 2 aromatic rings. The molecule has 1 saturated carbocycles. The number of hydrogen-bond acceptors (Lipinski definition) is 7. The zero-order chi connectivity index (χ0) is 27.3. The third-order valence-electron chi connectivity index (χ3n) is 5.84. The predicted octanol–water partition coefficient (Wildman–Crippen LogP) is 3.99. The molecule has 0 aromatic carbocycles. The van der Waals surface area contributed by atoms with Gasteiger partial charge < -0.3 is 10.1 Å². The molecule has 3 fully saturated rings. The predicted molar refractivity (Wildman–Crippen MR) is 113 cm³/mol. The SMILES string of the molecule is CC(C)(C)OC(=O)N1C2CC(C2)C1C(=O)NCc1cc(-c2cnc(C(F)(F)F)nc2)nc(C(F)(F)F)n1. The Morgan fingerprint density at radius 3 is 2.14 bits per heavy atom. The number of fused-ring (bicyclic) bond motifs is 1. The molecule has 2 aromatic heterocycles. The second-order valence-corrected chi connectivity index (χ2v) is 9.79. The van der Waals surface area contributed by atoms with Gasteiger partial charge >= 0.3 is 18.4 Å². The topological polar surface area (TPSA) is 110 Å². The van der Waals surface area contributed by atoms with E-state index in [-0.39, 0.29) is 28.9 Å². The minimum Gasteiger partial charge on any atom is -0.444 e. The number of carbonyl (C=O) groups excluding carboxylic acids is 2. The maximum absolute atomic E-state index is 13.4. The fourth-order valence-electron chi connectivity index (χ4n) is 4.24. The van der Waals surface area contributed by atoms with E-state index >= 15 is 0 Å². The molecule has 1 N–H and O–H groups in total. The number of halogens is 6. The van der Waals surface area contributed by atoms with E-state index in [1.165, 1.54) is 4.90 Å². The van der Waals surface area contributed by atoms with Crippen LogP contribution in [0.2, 0.25) is 0 Å². The first-order valence-corrected chi connectivity index (χ1v) is 11.2. The number of nitrogens with zero attached hydrogens (tertiary/aromatic N) is 5. The van der Waals surface area contributed by atoms with Gasteiger partial charge in [-0.15, -0.1) is 0 Å². The van der Waals surface area contributed by atoms with E-state index in [9.17, 15) is 35.9 Å². The largest absolute Gasteiger partial charge is 0.451 e. The van der Waals surface area contributed by atoms with Crippen LogP contribution in [0.15, 0.2) is 18.5 Å². The fraction of sp³-hybridized carbons (Fsp3) is 0.545. The summed E-state index contributed by atoms with van der Waals surface area (Å²) in [7, 11) is 0. The summed E-state index contributed by atoms with van der Waals surface area (Å²) in [6.07, 6.45) is -7.82. The zero-order valence-electron chi connectivity index (χ0n) is 19.8. The summed E-state index contributed by atoms with van der Waals surface area (Å²) in [5, 5.41) is 2.51. The monoisotopic (exact) mass is 532 g/mol. The summed E-state index contributed by atoms with van der Waals surface area (Å²) in [5.41, 5.74) is -1.61.